The van der Waals surface area contributed by atoms with E-state index >= 15 is 0 Å². The predicted molar refractivity (Wildman–Crippen MR) is 75.3 cm³/mol. The minimum Gasteiger partial charge on any atom is -0.461 e. The zero-order valence-corrected chi connectivity index (χ0v) is 13.1. The van der Waals surface area contributed by atoms with Crippen molar-refractivity contribution in [3.63, 3.8) is 0 Å². The van der Waals surface area contributed by atoms with Crippen molar-refractivity contribution in [2.45, 2.75) is 48.1 Å². The van der Waals surface area contributed by atoms with E-state index in [0.717, 1.165) is 12.8 Å². The molecule has 0 radical (unpaired) electrons. The van der Waals surface area contributed by atoms with E-state index < -0.39 is 5.97 Å². The molecule has 3 rings (SSSR count). The van der Waals surface area contributed by atoms with Crippen LogP contribution in [0.1, 0.15) is 48.5 Å². The molecule has 0 N–H and O–H groups in total. The van der Waals surface area contributed by atoms with Crippen LogP contribution in [0, 0.1) is 0 Å². The third kappa shape index (κ3) is 3.21. The third-order valence-corrected chi connectivity index (χ3v) is 5.07. The number of nitrogens with zero attached hydrogens (tertiary/aromatic N) is 6. The number of carbonyl (C=O) groups is 1. The van der Waals surface area contributed by atoms with E-state index in [-0.39, 0.29) is 5.01 Å². The standard InChI is InChI=1S/C11H14N6O2S2/c1-2-19-9(18)8-12-14-11(20-8)21-10-13-15-16-17(10)7-5-3-4-6-7/h7H,2-6H2,1H3. The Balaban J connectivity index is 1.72. The van der Waals surface area contributed by atoms with Crippen molar-refractivity contribution >= 4 is 29.1 Å². The van der Waals surface area contributed by atoms with Crippen LogP contribution in [0.3, 0.4) is 0 Å². The lowest BCUT2D eigenvalue weighted by Crippen LogP contribution is -2.08. The van der Waals surface area contributed by atoms with Gasteiger partial charge < -0.3 is 4.74 Å². The molecule has 0 atom stereocenters. The van der Waals surface area contributed by atoms with E-state index in [2.05, 4.69) is 25.7 Å². The van der Waals surface area contributed by atoms with E-state index in [9.17, 15) is 4.79 Å². The first kappa shape index (κ1) is 14.4. The molecule has 10 heteroatoms. The number of esters is 1. The molecule has 2 aromatic rings. The van der Waals surface area contributed by atoms with Crippen LogP contribution in [0.25, 0.3) is 0 Å². The molecule has 0 saturated heterocycles. The van der Waals surface area contributed by atoms with Gasteiger partial charge in [-0.15, -0.1) is 15.3 Å². The van der Waals surface area contributed by atoms with Gasteiger partial charge in [0.05, 0.1) is 12.6 Å². The number of hydrogen-bond donors (Lipinski definition) is 0. The molecule has 0 aliphatic heterocycles. The lowest BCUT2D eigenvalue weighted by Gasteiger charge is -2.09. The Labute approximate surface area is 129 Å². The van der Waals surface area contributed by atoms with Crippen molar-refractivity contribution in [3.05, 3.63) is 5.01 Å². The topological polar surface area (TPSA) is 95.7 Å². The fourth-order valence-electron chi connectivity index (χ4n) is 2.24. The summed E-state index contributed by atoms with van der Waals surface area (Å²) in [4.78, 5) is 11.6. The van der Waals surface area contributed by atoms with Crippen molar-refractivity contribution in [1.82, 2.24) is 30.4 Å². The molecule has 112 valence electrons. The van der Waals surface area contributed by atoms with Crippen LogP contribution in [0.2, 0.25) is 0 Å². The molecular weight excluding hydrogens is 312 g/mol. The molecule has 0 bridgehead atoms. The zero-order chi connectivity index (χ0) is 14.7. The molecule has 1 aliphatic rings. The summed E-state index contributed by atoms with van der Waals surface area (Å²) in [6.07, 6.45) is 4.62. The lowest BCUT2D eigenvalue weighted by molar-refractivity contribution is 0.0525. The highest BCUT2D eigenvalue weighted by molar-refractivity contribution is 8.00. The first-order chi connectivity index (χ1) is 10.3. The smallest absolute Gasteiger partial charge is 0.369 e. The van der Waals surface area contributed by atoms with Crippen LogP contribution in [0.5, 0.6) is 0 Å². The number of aromatic nitrogens is 6. The summed E-state index contributed by atoms with van der Waals surface area (Å²) < 4.78 is 7.38. The molecule has 0 spiro atoms. The normalized spacial score (nSPS) is 15.5. The highest BCUT2D eigenvalue weighted by atomic mass is 32.2. The molecule has 0 unspecified atom stereocenters. The van der Waals surface area contributed by atoms with Gasteiger partial charge in [0.25, 0.3) is 0 Å². The molecule has 21 heavy (non-hydrogen) atoms. The molecule has 1 aliphatic carbocycles. The van der Waals surface area contributed by atoms with Crippen molar-refractivity contribution in [1.29, 1.82) is 0 Å². The van der Waals surface area contributed by atoms with Crippen LogP contribution in [0.15, 0.2) is 9.50 Å². The second-order valence-corrected chi connectivity index (χ2v) is 6.73. The van der Waals surface area contributed by atoms with Crippen LogP contribution in [-0.4, -0.2) is 43.0 Å². The van der Waals surface area contributed by atoms with Crippen molar-refractivity contribution in [3.8, 4) is 0 Å². The Hall–Kier alpha value is -1.55. The SMILES string of the molecule is CCOC(=O)c1nnc(Sc2nnnn2C2CCCC2)s1. The predicted octanol–water partition coefficient (Wildman–Crippen LogP) is 1.97. The quantitative estimate of drug-likeness (QED) is 0.769. The Bertz CT molecular complexity index is 622. The van der Waals surface area contributed by atoms with Gasteiger partial charge in [-0.05, 0) is 42.0 Å². The number of ether oxygens (including phenoxy) is 1. The van der Waals surface area contributed by atoms with Crippen LogP contribution < -0.4 is 0 Å². The van der Waals surface area contributed by atoms with Crippen LogP contribution in [-0.2, 0) is 4.74 Å². The summed E-state index contributed by atoms with van der Waals surface area (Å²) in [5.41, 5.74) is 0. The first-order valence-electron chi connectivity index (χ1n) is 6.74. The Morgan fingerprint density at radius 3 is 2.95 bits per heavy atom. The molecule has 0 aromatic carbocycles. The molecule has 2 aromatic heterocycles. The summed E-state index contributed by atoms with van der Waals surface area (Å²) in [6.45, 7) is 2.07. The van der Waals surface area contributed by atoms with Gasteiger partial charge in [0.1, 0.15) is 0 Å². The van der Waals surface area contributed by atoms with Gasteiger partial charge in [0.15, 0.2) is 4.34 Å². The van der Waals surface area contributed by atoms with E-state index in [1.165, 1.54) is 35.9 Å². The maximum atomic E-state index is 11.6. The molecule has 8 nitrogen and oxygen atoms in total. The van der Waals surface area contributed by atoms with Gasteiger partial charge in [0, 0.05) is 0 Å². The van der Waals surface area contributed by atoms with Gasteiger partial charge in [-0.2, -0.15) is 0 Å². The second kappa shape index (κ2) is 6.48. The average Bonchev–Trinajstić information content (AvgIpc) is 3.20. The van der Waals surface area contributed by atoms with Gasteiger partial charge in [-0.3, -0.25) is 0 Å². The Morgan fingerprint density at radius 1 is 1.38 bits per heavy atom. The summed E-state index contributed by atoms with van der Waals surface area (Å²) in [6, 6.07) is 0.361. The van der Waals surface area contributed by atoms with Crippen LogP contribution in [0.4, 0.5) is 0 Å². The number of hydrogen-bond acceptors (Lipinski definition) is 9. The van der Waals surface area contributed by atoms with Crippen LogP contribution >= 0.6 is 23.1 Å². The largest absolute Gasteiger partial charge is 0.461 e. The number of tetrazole rings is 1. The highest BCUT2D eigenvalue weighted by Gasteiger charge is 2.23. The van der Waals surface area contributed by atoms with Gasteiger partial charge >= 0.3 is 5.97 Å². The Kier molecular flexibility index (Phi) is 4.44. The van der Waals surface area contributed by atoms with Gasteiger partial charge in [0.2, 0.25) is 10.2 Å². The van der Waals surface area contributed by atoms with E-state index in [1.807, 2.05) is 4.68 Å². The van der Waals surface area contributed by atoms with Gasteiger partial charge in [-0.25, -0.2) is 9.48 Å². The maximum absolute atomic E-state index is 11.6. The first-order valence-corrected chi connectivity index (χ1v) is 8.37. The molecular formula is C11H14N6O2S2. The summed E-state index contributed by atoms with van der Waals surface area (Å²) in [5.74, 6) is -0.447. The van der Waals surface area contributed by atoms with Gasteiger partial charge in [-0.1, -0.05) is 24.2 Å². The molecule has 0 amide bonds. The number of carbonyl (C=O) groups excluding carboxylic acids is 1. The molecule has 1 saturated carbocycles. The summed E-state index contributed by atoms with van der Waals surface area (Å²) >= 11 is 2.52. The fourth-order valence-corrected chi connectivity index (χ4v) is 3.93. The number of rotatable bonds is 5. The minimum atomic E-state index is -0.447. The van der Waals surface area contributed by atoms with E-state index in [4.69, 9.17) is 4.74 Å². The zero-order valence-electron chi connectivity index (χ0n) is 11.4. The Morgan fingerprint density at radius 2 is 2.19 bits per heavy atom. The average molecular weight is 326 g/mol. The fraction of sp³-hybridized carbons (Fsp3) is 0.636. The summed E-state index contributed by atoms with van der Waals surface area (Å²) in [5, 5.41) is 20.6. The lowest BCUT2D eigenvalue weighted by atomic mass is 10.3. The van der Waals surface area contributed by atoms with E-state index in [0.29, 0.717) is 22.1 Å². The molecule has 1 fully saturated rings. The van der Waals surface area contributed by atoms with Crippen molar-refractivity contribution < 1.29 is 9.53 Å². The van der Waals surface area contributed by atoms with E-state index in [1.54, 1.807) is 6.92 Å². The maximum Gasteiger partial charge on any atom is 0.369 e. The summed E-state index contributed by atoms with van der Waals surface area (Å²) in [7, 11) is 0. The monoisotopic (exact) mass is 326 g/mol. The van der Waals surface area contributed by atoms with Crippen molar-refractivity contribution in [2.75, 3.05) is 6.61 Å². The molecule has 2 heterocycles. The van der Waals surface area contributed by atoms with Crippen molar-refractivity contribution in [2.24, 2.45) is 0 Å². The second-order valence-electron chi connectivity index (χ2n) is 4.54. The third-order valence-electron chi connectivity index (χ3n) is 3.17. The highest BCUT2D eigenvalue weighted by Crippen LogP contribution is 2.34. The minimum absolute atomic E-state index is 0.249.